The average Bonchev–Trinajstić information content (AvgIpc) is 3.36. The fraction of sp³-hybridized carbons (Fsp3) is 0.474. The van der Waals surface area contributed by atoms with Gasteiger partial charge in [-0.05, 0) is 43.4 Å². The highest BCUT2D eigenvalue weighted by atomic mass is 16.3. The number of nitrogens with one attached hydrogen (secondary N) is 1. The molecule has 0 spiro atoms. The Balaban J connectivity index is 1.49. The molecule has 140 valence electrons. The van der Waals surface area contributed by atoms with Gasteiger partial charge in [-0.25, -0.2) is 9.97 Å². The quantitative estimate of drug-likeness (QED) is 0.684. The highest BCUT2D eigenvalue weighted by molar-refractivity contribution is 5.99. The van der Waals surface area contributed by atoms with E-state index in [-0.39, 0.29) is 17.8 Å². The molecule has 5 rings (SSSR count). The van der Waals surface area contributed by atoms with E-state index in [1.807, 2.05) is 0 Å². The Hall–Kier alpha value is -2.74. The van der Waals surface area contributed by atoms with Crippen LogP contribution in [0.5, 0.6) is 0 Å². The van der Waals surface area contributed by atoms with E-state index in [2.05, 4.69) is 20.4 Å². The highest BCUT2D eigenvalue weighted by Crippen LogP contribution is 2.37. The van der Waals surface area contributed by atoms with Crippen LogP contribution in [-0.2, 0) is 0 Å². The van der Waals surface area contributed by atoms with Crippen molar-refractivity contribution in [1.82, 2.24) is 24.9 Å². The van der Waals surface area contributed by atoms with Gasteiger partial charge in [0.05, 0.1) is 12.3 Å². The summed E-state index contributed by atoms with van der Waals surface area (Å²) >= 11 is 0. The third-order valence-electron chi connectivity index (χ3n) is 5.90. The van der Waals surface area contributed by atoms with E-state index in [4.69, 9.17) is 10.2 Å². The first-order valence-corrected chi connectivity index (χ1v) is 9.55. The third-order valence-corrected chi connectivity index (χ3v) is 5.90. The number of Topliss-reactive ketones (excluding diaryl/α,β-unsaturated/α-hetero) is 1. The molecule has 4 heterocycles. The number of anilines is 1. The van der Waals surface area contributed by atoms with E-state index in [0.29, 0.717) is 34.8 Å². The number of aromatic nitrogens is 4. The molecule has 1 unspecified atom stereocenters. The molecule has 3 N–H and O–H groups in total. The van der Waals surface area contributed by atoms with Gasteiger partial charge in [0.25, 0.3) is 0 Å². The zero-order valence-electron chi connectivity index (χ0n) is 15.0. The largest absolute Gasteiger partial charge is 0.461 e. The van der Waals surface area contributed by atoms with Gasteiger partial charge < -0.3 is 15.5 Å². The van der Waals surface area contributed by atoms with E-state index in [9.17, 15) is 4.79 Å². The standard InChI is InChI=1S/C19H22N6O2/c20-19-22-13(10-15-23-18(24-25(15)19)14-6-3-9-27-14)17(26)16-12-5-2-1-4-11(12)7-8-21-16/h3,6,9-12,16,21H,1-2,4-5,7-8H2,(H2,20,22)/t11-,12+,16?/m1/s1. The van der Waals surface area contributed by atoms with Crippen LogP contribution in [0.15, 0.2) is 28.9 Å². The summed E-state index contributed by atoms with van der Waals surface area (Å²) in [6, 6.07) is 5.03. The minimum absolute atomic E-state index is 0.00310. The molecule has 1 aliphatic carbocycles. The van der Waals surface area contributed by atoms with Gasteiger partial charge in [0.1, 0.15) is 5.69 Å². The van der Waals surface area contributed by atoms with Gasteiger partial charge in [-0.3, -0.25) is 4.79 Å². The number of ketones is 1. The molecular formula is C19H22N6O2. The molecule has 2 aliphatic rings. The second-order valence-electron chi connectivity index (χ2n) is 7.48. The first-order valence-electron chi connectivity index (χ1n) is 9.55. The van der Waals surface area contributed by atoms with Crippen LogP contribution in [0.1, 0.15) is 42.6 Å². The fourth-order valence-corrected chi connectivity index (χ4v) is 4.60. The van der Waals surface area contributed by atoms with Gasteiger partial charge in [0.15, 0.2) is 17.2 Å². The number of fused-ring (bicyclic) bond motifs is 2. The van der Waals surface area contributed by atoms with Gasteiger partial charge in [-0.15, -0.1) is 5.10 Å². The number of hydrogen-bond donors (Lipinski definition) is 2. The number of nitrogens with two attached hydrogens (primary N) is 1. The normalized spacial score (nSPS) is 25.4. The molecule has 27 heavy (non-hydrogen) atoms. The van der Waals surface area contributed by atoms with Crippen molar-refractivity contribution in [3.8, 4) is 11.6 Å². The topological polar surface area (TPSA) is 111 Å². The summed E-state index contributed by atoms with van der Waals surface area (Å²) in [6.45, 7) is 0.878. The molecular weight excluding hydrogens is 344 g/mol. The van der Waals surface area contributed by atoms with E-state index in [1.165, 1.54) is 23.8 Å². The van der Waals surface area contributed by atoms with Crippen molar-refractivity contribution < 1.29 is 9.21 Å². The number of rotatable bonds is 3. The van der Waals surface area contributed by atoms with Crippen LogP contribution < -0.4 is 11.1 Å². The lowest BCUT2D eigenvalue weighted by atomic mass is 9.70. The number of furan rings is 1. The molecule has 0 aromatic carbocycles. The second kappa shape index (κ2) is 6.45. The first-order chi connectivity index (χ1) is 13.2. The lowest BCUT2D eigenvalue weighted by Gasteiger charge is -2.41. The maximum absolute atomic E-state index is 13.2. The number of piperidine rings is 1. The van der Waals surface area contributed by atoms with Gasteiger partial charge in [-0.1, -0.05) is 19.3 Å². The molecule has 2 fully saturated rings. The molecule has 3 aromatic rings. The number of nitrogen functional groups attached to an aromatic ring is 1. The van der Waals surface area contributed by atoms with Crippen molar-refractivity contribution >= 4 is 17.4 Å². The molecule has 0 amide bonds. The van der Waals surface area contributed by atoms with Crippen molar-refractivity contribution in [3.05, 3.63) is 30.2 Å². The van der Waals surface area contributed by atoms with Crippen molar-refractivity contribution in [2.24, 2.45) is 11.8 Å². The van der Waals surface area contributed by atoms with Gasteiger partial charge >= 0.3 is 0 Å². The van der Waals surface area contributed by atoms with E-state index >= 15 is 0 Å². The molecule has 1 saturated heterocycles. The van der Waals surface area contributed by atoms with Crippen LogP contribution >= 0.6 is 0 Å². The maximum Gasteiger partial charge on any atom is 0.223 e. The Bertz CT molecular complexity index is 978. The van der Waals surface area contributed by atoms with E-state index in [1.54, 1.807) is 24.5 Å². The summed E-state index contributed by atoms with van der Waals surface area (Å²) in [5.41, 5.74) is 6.91. The molecule has 0 radical (unpaired) electrons. The number of carbonyl (C=O) groups excluding carboxylic acids is 1. The number of nitrogens with zero attached hydrogens (tertiary/aromatic N) is 4. The Morgan fingerprint density at radius 2 is 2.15 bits per heavy atom. The summed E-state index contributed by atoms with van der Waals surface area (Å²) in [4.78, 5) is 22.0. The van der Waals surface area contributed by atoms with E-state index < -0.39 is 0 Å². The van der Waals surface area contributed by atoms with Crippen LogP contribution in [0.2, 0.25) is 0 Å². The fourth-order valence-electron chi connectivity index (χ4n) is 4.60. The average molecular weight is 366 g/mol. The lowest BCUT2D eigenvalue weighted by Crippen LogP contribution is -2.51. The summed E-state index contributed by atoms with van der Waals surface area (Å²) < 4.78 is 6.78. The van der Waals surface area contributed by atoms with E-state index in [0.717, 1.165) is 19.4 Å². The smallest absolute Gasteiger partial charge is 0.223 e. The van der Waals surface area contributed by atoms with Crippen molar-refractivity contribution in [3.63, 3.8) is 0 Å². The molecule has 1 saturated carbocycles. The van der Waals surface area contributed by atoms with Crippen molar-refractivity contribution in [2.75, 3.05) is 12.3 Å². The van der Waals surface area contributed by atoms with Crippen LogP contribution in [-0.4, -0.2) is 38.0 Å². The molecule has 8 heteroatoms. The van der Waals surface area contributed by atoms with Crippen LogP contribution in [0.3, 0.4) is 0 Å². The van der Waals surface area contributed by atoms with Crippen molar-refractivity contribution in [1.29, 1.82) is 0 Å². The predicted molar refractivity (Wildman–Crippen MR) is 99.1 cm³/mol. The molecule has 1 aliphatic heterocycles. The number of carbonyl (C=O) groups is 1. The Morgan fingerprint density at radius 3 is 3.00 bits per heavy atom. The first kappa shape index (κ1) is 16.4. The third kappa shape index (κ3) is 2.80. The minimum atomic E-state index is -0.189. The highest BCUT2D eigenvalue weighted by Gasteiger charge is 2.39. The van der Waals surface area contributed by atoms with Gasteiger partial charge in [0, 0.05) is 6.07 Å². The SMILES string of the molecule is Nc1nc(C(=O)C2NCC[C@H]3CCCC[C@H]23)cc2nc(-c3ccco3)nn12. The Kier molecular flexibility index (Phi) is 3.93. The number of hydrogen-bond acceptors (Lipinski definition) is 7. The minimum Gasteiger partial charge on any atom is -0.461 e. The summed E-state index contributed by atoms with van der Waals surface area (Å²) in [5.74, 6) is 2.14. The van der Waals surface area contributed by atoms with Gasteiger partial charge in [-0.2, -0.15) is 4.52 Å². The Labute approximate surface area is 156 Å². The Morgan fingerprint density at radius 1 is 1.26 bits per heavy atom. The molecule has 0 bridgehead atoms. The van der Waals surface area contributed by atoms with Gasteiger partial charge in [0.2, 0.25) is 11.8 Å². The van der Waals surface area contributed by atoms with Crippen molar-refractivity contribution in [2.45, 2.75) is 38.1 Å². The molecule has 3 atom stereocenters. The zero-order chi connectivity index (χ0) is 18.4. The van der Waals surface area contributed by atoms with Crippen LogP contribution in [0.25, 0.3) is 17.2 Å². The summed E-state index contributed by atoms with van der Waals surface area (Å²) in [6.07, 6.45) is 7.50. The molecule has 8 nitrogen and oxygen atoms in total. The zero-order valence-corrected chi connectivity index (χ0v) is 15.0. The summed E-state index contributed by atoms with van der Waals surface area (Å²) in [5, 5.41) is 7.75. The predicted octanol–water partition coefficient (Wildman–Crippen LogP) is 2.32. The lowest BCUT2D eigenvalue weighted by molar-refractivity contribution is 0.0755. The second-order valence-corrected chi connectivity index (χ2v) is 7.48. The monoisotopic (exact) mass is 366 g/mol. The van der Waals surface area contributed by atoms with Crippen LogP contribution in [0, 0.1) is 11.8 Å². The molecule has 3 aromatic heterocycles. The maximum atomic E-state index is 13.2. The van der Waals surface area contributed by atoms with Crippen LogP contribution in [0.4, 0.5) is 5.95 Å². The summed E-state index contributed by atoms with van der Waals surface area (Å²) in [7, 11) is 0.